The number of amides is 1. The Bertz CT molecular complexity index is 801. The molecule has 2 fully saturated rings. The van der Waals surface area contributed by atoms with Gasteiger partial charge in [0.25, 0.3) is 5.91 Å². The molecule has 0 radical (unpaired) electrons. The second kappa shape index (κ2) is 10.8. The van der Waals surface area contributed by atoms with Gasteiger partial charge in [0, 0.05) is 44.0 Å². The minimum Gasteiger partial charge on any atom is -0.378 e. The van der Waals surface area contributed by atoms with E-state index in [1.54, 1.807) is 6.07 Å². The van der Waals surface area contributed by atoms with E-state index < -0.39 is 0 Å². The number of piperazine rings is 1. The van der Waals surface area contributed by atoms with Gasteiger partial charge in [0.05, 0.1) is 19.3 Å². The highest BCUT2D eigenvalue weighted by atomic mass is 35.5. The molecule has 8 heteroatoms. The molecule has 2 aliphatic heterocycles. The van der Waals surface area contributed by atoms with Crippen LogP contribution in [0.4, 0.5) is 10.1 Å². The highest BCUT2D eigenvalue weighted by Crippen LogP contribution is 2.26. The molecule has 0 aromatic heterocycles. The number of carbonyl (C=O) groups excluding carboxylic acids is 1. The van der Waals surface area contributed by atoms with Crippen molar-refractivity contribution in [1.29, 1.82) is 0 Å². The van der Waals surface area contributed by atoms with E-state index in [1.165, 1.54) is 12.1 Å². The number of nitrogens with zero attached hydrogens (tertiary/aromatic N) is 2. The van der Waals surface area contributed by atoms with Crippen molar-refractivity contribution < 1.29 is 13.9 Å². The molecule has 2 aliphatic rings. The first-order valence-corrected chi connectivity index (χ1v) is 9.42. The van der Waals surface area contributed by atoms with Crippen molar-refractivity contribution in [3.63, 3.8) is 0 Å². The summed E-state index contributed by atoms with van der Waals surface area (Å²) in [5.74, 6) is -0.292. The molecule has 1 amide bonds. The summed E-state index contributed by atoms with van der Waals surface area (Å²) in [4.78, 5) is 17.2. The highest BCUT2D eigenvalue weighted by molar-refractivity contribution is 5.95. The smallest absolute Gasteiger partial charge is 0.254 e. The summed E-state index contributed by atoms with van der Waals surface area (Å²) in [7, 11) is 0. The average Bonchev–Trinajstić information content (AvgIpc) is 2.74. The summed E-state index contributed by atoms with van der Waals surface area (Å²) in [6, 6.07) is 14.1. The number of morpholine rings is 1. The van der Waals surface area contributed by atoms with Crippen molar-refractivity contribution in [1.82, 2.24) is 10.2 Å². The second-order valence-corrected chi connectivity index (χ2v) is 6.92. The van der Waals surface area contributed by atoms with Crippen LogP contribution in [0, 0.1) is 5.82 Å². The van der Waals surface area contributed by atoms with Gasteiger partial charge in [0.15, 0.2) is 0 Å². The van der Waals surface area contributed by atoms with Crippen molar-refractivity contribution >= 4 is 36.4 Å². The molecule has 29 heavy (non-hydrogen) atoms. The largest absolute Gasteiger partial charge is 0.378 e. The molecule has 1 unspecified atom stereocenters. The molecule has 0 spiro atoms. The quantitative estimate of drug-likeness (QED) is 0.793. The van der Waals surface area contributed by atoms with Gasteiger partial charge >= 0.3 is 0 Å². The van der Waals surface area contributed by atoms with Crippen LogP contribution in [0.2, 0.25) is 0 Å². The summed E-state index contributed by atoms with van der Waals surface area (Å²) in [5.41, 5.74) is 2.59. The number of ether oxygens (including phenoxy) is 1. The molecule has 158 valence electrons. The van der Waals surface area contributed by atoms with Crippen molar-refractivity contribution in [2.24, 2.45) is 0 Å². The molecule has 5 nitrogen and oxygen atoms in total. The average molecular weight is 442 g/mol. The molecule has 2 heterocycles. The van der Waals surface area contributed by atoms with Crippen LogP contribution < -0.4 is 10.2 Å². The highest BCUT2D eigenvalue weighted by Gasteiger charge is 2.29. The van der Waals surface area contributed by atoms with Gasteiger partial charge in [-0.1, -0.05) is 12.1 Å². The standard InChI is InChI=1S/C21H24FN3O2.2ClH/c22-18-3-1-2-17(14-18)20-15-23-8-9-25(20)21(26)16-4-6-19(7-5-16)24-10-12-27-13-11-24;;/h1-7,14,20,23H,8-13,15H2;2*1H. The Morgan fingerprint density at radius 1 is 1.03 bits per heavy atom. The topological polar surface area (TPSA) is 44.8 Å². The van der Waals surface area contributed by atoms with E-state index in [9.17, 15) is 9.18 Å². The fourth-order valence-electron chi connectivity index (χ4n) is 3.76. The van der Waals surface area contributed by atoms with Gasteiger partial charge in [0.2, 0.25) is 0 Å². The molecule has 4 rings (SSSR count). The Morgan fingerprint density at radius 3 is 2.45 bits per heavy atom. The van der Waals surface area contributed by atoms with Crippen molar-refractivity contribution in [2.45, 2.75) is 6.04 Å². The zero-order chi connectivity index (χ0) is 18.6. The van der Waals surface area contributed by atoms with Gasteiger partial charge in [-0.25, -0.2) is 4.39 Å². The summed E-state index contributed by atoms with van der Waals surface area (Å²) >= 11 is 0. The Morgan fingerprint density at radius 2 is 1.76 bits per heavy atom. The van der Waals surface area contributed by atoms with Gasteiger partial charge in [-0.15, -0.1) is 24.8 Å². The number of hydrogen-bond acceptors (Lipinski definition) is 4. The third kappa shape index (κ3) is 5.39. The first-order chi connectivity index (χ1) is 13.2. The zero-order valence-corrected chi connectivity index (χ0v) is 17.7. The molecule has 0 bridgehead atoms. The maximum absolute atomic E-state index is 13.7. The van der Waals surface area contributed by atoms with Crippen molar-refractivity contribution in [2.75, 3.05) is 50.8 Å². The first kappa shape index (κ1) is 23.4. The van der Waals surface area contributed by atoms with Crippen LogP contribution in [-0.4, -0.2) is 56.7 Å². The van der Waals surface area contributed by atoms with Crippen LogP contribution in [0.3, 0.4) is 0 Å². The fraction of sp³-hybridized carbons (Fsp3) is 0.381. The molecule has 2 saturated heterocycles. The Balaban J connectivity index is 0.00000150. The number of carbonyl (C=O) groups is 1. The number of benzene rings is 2. The lowest BCUT2D eigenvalue weighted by Gasteiger charge is -2.36. The fourth-order valence-corrected chi connectivity index (χ4v) is 3.76. The van der Waals surface area contributed by atoms with Gasteiger partial charge in [-0.05, 0) is 42.0 Å². The predicted molar refractivity (Wildman–Crippen MR) is 117 cm³/mol. The first-order valence-electron chi connectivity index (χ1n) is 9.42. The lowest BCUT2D eigenvalue weighted by Crippen LogP contribution is -2.48. The number of nitrogens with one attached hydrogen (secondary N) is 1. The van der Waals surface area contributed by atoms with Crippen LogP contribution in [-0.2, 0) is 4.74 Å². The summed E-state index contributed by atoms with van der Waals surface area (Å²) < 4.78 is 19.0. The van der Waals surface area contributed by atoms with E-state index in [0.717, 1.165) is 44.1 Å². The van der Waals surface area contributed by atoms with Crippen LogP contribution >= 0.6 is 24.8 Å². The van der Waals surface area contributed by atoms with Crippen LogP contribution in [0.15, 0.2) is 48.5 Å². The summed E-state index contributed by atoms with van der Waals surface area (Å²) in [6.07, 6.45) is 0. The van der Waals surface area contributed by atoms with Gasteiger partial charge in [0.1, 0.15) is 5.82 Å². The Hall–Kier alpha value is -1.86. The molecular weight excluding hydrogens is 416 g/mol. The number of rotatable bonds is 3. The van der Waals surface area contributed by atoms with E-state index >= 15 is 0 Å². The molecule has 2 aromatic carbocycles. The molecule has 2 aromatic rings. The normalized spacial score (nSPS) is 19.1. The lowest BCUT2D eigenvalue weighted by atomic mass is 10.0. The Kier molecular flexibility index (Phi) is 8.71. The van der Waals surface area contributed by atoms with Gasteiger partial charge in [-0.2, -0.15) is 0 Å². The van der Waals surface area contributed by atoms with E-state index in [-0.39, 0.29) is 42.6 Å². The predicted octanol–water partition coefficient (Wildman–Crippen LogP) is 3.29. The monoisotopic (exact) mass is 441 g/mol. The number of hydrogen-bond donors (Lipinski definition) is 1. The number of halogens is 3. The minimum absolute atomic E-state index is 0. The molecule has 0 aliphatic carbocycles. The number of anilines is 1. The SMILES string of the molecule is Cl.Cl.O=C(c1ccc(N2CCOCC2)cc1)N1CCNCC1c1cccc(F)c1. The van der Waals surface area contributed by atoms with E-state index in [2.05, 4.69) is 10.2 Å². The van der Waals surface area contributed by atoms with Gasteiger partial charge < -0.3 is 19.9 Å². The van der Waals surface area contributed by atoms with E-state index in [0.29, 0.717) is 18.7 Å². The third-order valence-corrected chi connectivity index (χ3v) is 5.23. The van der Waals surface area contributed by atoms with Crippen LogP contribution in [0.5, 0.6) is 0 Å². The van der Waals surface area contributed by atoms with E-state index in [4.69, 9.17) is 4.74 Å². The maximum Gasteiger partial charge on any atom is 0.254 e. The summed E-state index contributed by atoms with van der Waals surface area (Å²) in [5, 5.41) is 3.31. The molecule has 0 saturated carbocycles. The Labute approximate surface area is 183 Å². The van der Waals surface area contributed by atoms with E-state index in [1.807, 2.05) is 35.2 Å². The molecule has 1 N–H and O–H groups in total. The summed E-state index contributed by atoms with van der Waals surface area (Å²) in [6.45, 7) is 5.17. The maximum atomic E-state index is 13.7. The molecule has 1 atom stereocenters. The van der Waals surface area contributed by atoms with Crippen LogP contribution in [0.1, 0.15) is 22.0 Å². The zero-order valence-electron chi connectivity index (χ0n) is 16.1. The minimum atomic E-state index is -0.277. The van der Waals surface area contributed by atoms with Crippen molar-refractivity contribution in [3.8, 4) is 0 Å². The van der Waals surface area contributed by atoms with Gasteiger partial charge in [-0.3, -0.25) is 4.79 Å². The third-order valence-electron chi connectivity index (χ3n) is 5.23. The molecular formula is C21H26Cl2FN3O2. The van der Waals surface area contributed by atoms with Crippen molar-refractivity contribution in [3.05, 3.63) is 65.5 Å². The lowest BCUT2D eigenvalue weighted by molar-refractivity contribution is 0.0634. The van der Waals surface area contributed by atoms with Crippen LogP contribution in [0.25, 0.3) is 0 Å². The second-order valence-electron chi connectivity index (χ2n) is 6.92.